The van der Waals surface area contributed by atoms with Crippen LogP contribution in [0.1, 0.15) is 116 Å². The summed E-state index contributed by atoms with van der Waals surface area (Å²) < 4.78 is 0. The van der Waals surface area contributed by atoms with Crippen LogP contribution in [-0.4, -0.2) is 6.04 Å². The summed E-state index contributed by atoms with van der Waals surface area (Å²) in [5.74, 6) is 0.955. The van der Waals surface area contributed by atoms with Gasteiger partial charge < -0.3 is 5.73 Å². The quantitative estimate of drug-likeness (QED) is 0.381. The second-order valence-corrected chi connectivity index (χ2v) is 7.47. The van der Waals surface area contributed by atoms with Gasteiger partial charge in [-0.05, 0) is 18.8 Å². The van der Waals surface area contributed by atoms with Gasteiger partial charge in [0.15, 0.2) is 0 Å². The Bertz CT molecular complexity index is 208. The molecule has 0 spiro atoms. The summed E-state index contributed by atoms with van der Waals surface area (Å²) in [5, 5.41) is 0. The Morgan fingerprint density at radius 3 is 1.86 bits per heavy atom. The third-order valence-electron chi connectivity index (χ3n) is 5.29. The van der Waals surface area contributed by atoms with Crippen molar-refractivity contribution < 1.29 is 0 Å². The Morgan fingerprint density at radius 1 is 0.762 bits per heavy atom. The number of rotatable bonds is 13. The number of nitrogens with two attached hydrogens (primary N) is 1. The molecule has 1 heteroatoms. The zero-order chi connectivity index (χ0) is 15.2. The number of unbranched alkanes of at least 4 members (excludes halogenated alkanes) is 9. The Labute approximate surface area is 134 Å². The maximum absolute atomic E-state index is 6.31. The second-order valence-electron chi connectivity index (χ2n) is 7.47. The monoisotopic (exact) mass is 295 g/mol. The minimum absolute atomic E-state index is 0.488. The van der Waals surface area contributed by atoms with Crippen LogP contribution in [-0.2, 0) is 0 Å². The second kappa shape index (κ2) is 13.6. The fourth-order valence-corrected chi connectivity index (χ4v) is 3.86. The van der Waals surface area contributed by atoms with Crippen molar-refractivity contribution >= 4 is 0 Å². The van der Waals surface area contributed by atoms with E-state index in [-0.39, 0.29) is 0 Å². The number of hydrogen-bond donors (Lipinski definition) is 1. The lowest BCUT2D eigenvalue weighted by atomic mass is 9.84. The standard InChI is InChI=1S/C20H41N/c1-2-3-4-5-6-7-8-9-10-14-17-20(21)18-19-15-12-11-13-16-19/h19-20H,2-18,21H2,1H3. The lowest BCUT2D eigenvalue weighted by molar-refractivity contribution is 0.309. The van der Waals surface area contributed by atoms with E-state index >= 15 is 0 Å². The van der Waals surface area contributed by atoms with Crippen molar-refractivity contribution in [1.82, 2.24) is 0 Å². The molecule has 0 saturated heterocycles. The fourth-order valence-electron chi connectivity index (χ4n) is 3.86. The van der Waals surface area contributed by atoms with Gasteiger partial charge in [-0.1, -0.05) is 103 Å². The molecule has 1 fully saturated rings. The van der Waals surface area contributed by atoms with E-state index in [1.807, 2.05) is 0 Å². The highest BCUT2D eigenvalue weighted by Crippen LogP contribution is 2.27. The van der Waals surface area contributed by atoms with Gasteiger partial charge in [-0.2, -0.15) is 0 Å². The van der Waals surface area contributed by atoms with Crippen LogP contribution in [0.15, 0.2) is 0 Å². The van der Waals surface area contributed by atoms with Gasteiger partial charge in [0.2, 0.25) is 0 Å². The predicted octanol–water partition coefficient (Wildman–Crippen LogP) is 6.60. The van der Waals surface area contributed by atoms with Crippen molar-refractivity contribution in [2.75, 3.05) is 0 Å². The lowest BCUT2D eigenvalue weighted by Crippen LogP contribution is -2.24. The van der Waals surface area contributed by atoms with Crippen molar-refractivity contribution in [3.05, 3.63) is 0 Å². The van der Waals surface area contributed by atoms with Gasteiger partial charge in [0.1, 0.15) is 0 Å². The van der Waals surface area contributed by atoms with Crippen LogP contribution in [0, 0.1) is 5.92 Å². The van der Waals surface area contributed by atoms with E-state index in [1.165, 1.54) is 109 Å². The summed E-state index contributed by atoms with van der Waals surface area (Å²) in [4.78, 5) is 0. The van der Waals surface area contributed by atoms with Crippen LogP contribution in [0.5, 0.6) is 0 Å². The molecule has 1 aliphatic carbocycles. The molecular weight excluding hydrogens is 254 g/mol. The highest BCUT2D eigenvalue weighted by Gasteiger charge is 2.16. The van der Waals surface area contributed by atoms with Crippen LogP contribution in [0.25, 0.3) is 0 Å². The fraction of sp³-hybridized carbons (Fsp3) is 1.00. The molecule has 0 aromatic heterocycles. The highest BCUT2D eigenvalue weighted by atomic mass is 14.6. The molecule has 1 rings (SSSR count). The van der Waals surface area contributed by atoms with Crippen molar-refractivity contribution in [1.29, 1.82) is 0 Å². The van der Waals surface area contributed by atoms with E-state index < -0.39 is 0 Å². The van der Waals surface area contributed by atoms with Crippen LogP contribution >= 0.6 is 0 Å². The van der Waals surface area contributed by atoms with Gasteiger partial charge in [0, 0.05) is 6.04 Å². The minimum atomic E-state index is 0.488. The van der Waals surface area contributed by atoms with E-state index in [2.05, 4.69) is 6.92 Å². The van der Waals surface area contributed by atoms with Gasteiger partial charge in [-0.25, -0.2) is 0 Å². The molecule has 0 aliphatic heterocycles. The Balaban J connectivity index is 1.80. The van der Waals surface area contributed by atoms with E-state index in [0.29, 0.717) is 6.04 Å². The summed E-state index contributed by atoms with van der Waals surface area (Å²) in [5.41, 5.74) is 6.31. The van der Waals surface area contributed by atoms with Gasteiger partial charge in [0.05, 0.1) is 0 Å². The van der Waals surface area contributed by atoms with E-state index in [9.17, 15) is 0 Å². The molecule has 0 aromatic carbocycles. The van der Waals surface area contributed by atoms with Crippen LogP contribution in [0.2, 0.25) is 0 Å². The van der Waals surface area contributed by atoms with E-state index in [0.717, 1.165) is 5.92 Å². The molecule has 0 radical (unpaired) electrons. The topological polar surface area (TPSA) is 26.0 Å². The average Bonchev–Trinajstić information content (AvgIpc) is 2.50. The molecule has 0 heterocycles. The summed E-state index contributed by atoms with van der Waals surface area (Å²) in [6.07, 6.45) is 24.1. The summed E-state index contributed by atoms with van der Waals surface area (Å²) in [7, 11) is 0. The molecule has 1 nitrogen and oxygen atoms in total. The Kier molecular flexibility index (Phi) is 12.3. The normalized spacial score (nSPS) is 18.0. The Hall–Kier alpha value is -0.0400. The molecule has 1 unspecified atom stereocenters. The van der Waals surface area contributed by atoms with Gasteiger partial charge in [-0.15, -0.1) is 0 Å². The van der Waals surface area contributed by atoms with Crippen molar-refractivity contribution in [3.8, 4) is 0 Å². The first kappa shape index (κ1) is 19.0. The predicted molar refractivity (Wildman–Crippen MR) is 95.6 cm³/mol. The minimum Gasteiger partial charge on any atom is -0.328 e. The summed E-state index contributed by atoms with van der Waals surface area (Å²) >= 11 is 0. The molecule has 1 saturated carbocycles. The molecule has 126 valence electrons. The average molecular weight is 296 g/mol. The first-order chi connectivity index (χ1) is 10.3. The summed E-state index contributed by atoms with van der Waals surface area (Å²) in [6.45, 7) is 2.29. The number of hydrogen-bond acceptors (Lipinski definition) is 1. The molecule has 0 aromatic rings. The zero-order valence-corrected chi connectivity index (χ0v) is 14.8. The molecule has 1 aliphatic rings. The van der Waals surface area contributed by atoms with E-state index in [1.54, 1.807) is 0 Å². The summed E-state index contributed by atoms with van der Waals surface area (Å²) in [6, 6.07) is 0.488. The molecule has 1 atom stereocenters. The van der Waals surface area contributed by atoms with Crippen molar-refractivity contribution in [2.45, 2.75) is 122 Å². The molecular formula is C20H41N. The molecule has 2 N–H and O–H groups in total. The van der Waals surface area contributed by atoms with E-state index in [4.69, 9.17) is 5.73 Å². The van der Waals surface area contributed by atoms with Crippen molar-refractivity contribution in [3.63, 3.8) is 0 Å². The van der Waals surface area contributed by atoms with Gasteiger partial charge in [-0.3, -0.25) is 0 Å². The van der Waals surface area contributed by atoms with Crippen LogP contribution in [0.4, 0.5) is 0 Å². The highest BCUT2D eigenvalue weighted by molar-refractivity contribution is 4.72. The SMILES string of the molecule is CCCCCCCCCCCCC(N)CC1CCCCC1. The first-order valence-electron chi connectivity index (χ1n) is 10.1. The van der Waals surface area contributed by atoms with Crippen LogP contribution in [0.3, 0.4) is 0 Å². The van der Waals surface area contributed by atoms with Gasteiger partial charge in [0.25, 0.3) is 0 Å². The van der Waals surface area contributed by atoms with Crippen molar-refractivity contribution in [2.24, 2.45) is 11.7 Å². The third-order valence-corrected chi connectivity index (χ3v) is 5.29. The maximum Gasteiger partial charge on any atom is 0.00414 e. The van der Waals surface area contributed by atoms with Gasteiger partial charge >= 0.3 is 0 Å². The molecule has 0 bridgehead atoms. The maximum atomic E-state index is 6.31. The zero-order valence-electron chi connectivity index (χ0n) is 14.8. The largest absolute Gasteiger partial charge is 0.328 e. The molecule has 0 amide bonds. The first-order valence-corrected chi connectivity index (χ1v) is 10.1. The molecule has 21 heavy (non-hydrogen) atoms. The third kappa shape index (κ3) is 11.2. The Morgan fingerprint density at radius 2 is 1.29 bits per heavy atom. The smallest absolute Gasteiger partial charge is 0.00414 e. The lowest BCUT2D eigenvalue weighted by Gasteiger charge is -2.24. The van der Waals surface area contributed by atoms with Crippen LogP contribution < -0.4 is 5.73 Å².